The lowest BCUT2D eigenvalue weighted by Crippen LogP contribution is -2.14. The van der Waals surface area contributed by atoms with Crippen molar-refractivity contribution in [1.29, 1.82) is 0 Å². The number of benzene rings is 1. The molecule has 1 aromatic heterocycles. The fourth-order valence-corrected chi connectivity index (χ4v) is 1.92. The van der Waals surface area contributed by atoms with Gasteiger partial charge in [0.25, 0.3) is 0 Å². The first-order valence-corrected chi connectivity index (χ1v) is 7.73. The third kappa shape index (κ3) is 4.23. The zero-order valence-electron chi connectivity index (χ0n) is 14.0. The van der Waals surface area contributed by atoms with E-state index in [1.54, 1.807) is 0 Å². The molecule has 0 aliphatic carbocycles. The van der Waals surface area contributed by atoms with Crippen LogP contribution >= 0.6 is 0 Å². The van der Waals surface area contributed by atoms with E-state index in [-0.39, 0.29) is 11.5 Å². The Bertz CT molecular complexity index is 602. The fourth-order valence-electron chi connectivity index (χ4n) is 1.92. The van der Waals surface area contributed by atoms with E-state index in [1.807, 2.05) is 31.2 Å². The normalized spacial score (nSPS) is 13.0. The minimum Gasteiger partial charge on any atom is -0.494 e. The van der Waals surface area contributed by atoms with Crippen molar-refractivity contribution in [2.75, 3.05) is 11.9 Å². The molecule has 0 amide bonds. The van der Waals surface area contributed by atoms with Crippen LogP contribution in [-0.2, 0) is 5.41 Å². The largest absolute Gasteiger partial charge is 0.494 e. The molecule has 0 spiro atoms. The van der Waals surface area contributed by atoms with E-state index in [1.165, 1.54) is 0 Å². The number of hydrogen-bond donors (Lipinski definition) is 1. The number of rotatable bonds is 6. The lowest BCUT2D eigenvalue weighted by Gasteiger charge is -2.13. The van der Waals surface area contributed by atoms with Gasteiger partial charge in [-0.05, 0) is 25.5 Å². The molecule has 1 unspecified atom stereocenters. The molecule has 5 heteroatoms. The average Bonchev–Trinajstić information content (AvgIpc) is 2.95. The van der Waals surface area contributed by atoms with Gasteiger partial charge >= 0.3 is 0 Å². The Morgan fingerprint density at radius 2 is 2.09 bits per heavy atom. The molecule has 0 fully saturated rings. The molecule has 0 bridgehead atoms. The predicted octanol–water partition coefficient (Wildman–Crippen LogP) is 4.33. The number of aromatic nitrogens is 2. The van der Waals surface area contributed by atoms with E-state index in [9.17, 15) is 0 Å². The number of nitrogens with zero attached hydrogens (tertiary/aromatic N) is 2. The highest BCUT2D eigenvalue weighted by Crippen LogP contribution is 2.24. The second kappa shape index (κ2) is 6.81. The molecule has 2 rings (SSSR count). The molecule has 0 aliphatic heterocycles. The van der Waals surface area contributed by atoms with Crippen LogP contribution in [0, 0.1) is 0 Å². The highest BCUT2D eigenvalue weighted by atomic mass is 16.5. The first-order valence-electron chi connectivity index (χ1n) is 7.73. The molecule has 0 saturated heterocycles. The topological polar surface area (TPSA) is 60.2 Å². The first-order chi connectivity index (χ1) is 10.4. The number of hydrogen-bond acceptors (Lipinski definition) is 5. The molecular weight excluding hydrogens is 278 g/mol. The van der Waals surface area contributed by atoms with Crippen LogP contribution in [0.4, 0.5) is 5.69 Å². The van der Waals surface area contributed by atoms with Gasteiger partial charge in [-0.3, -0.25) is 0 Å². The maximum atomic E-state index is 5.64. The maximum Gasteiger partial charge on any atom is 0.248 e. The monoisotopic (exact) mass is 303 g/mol. The van der Waals surface area contributed by atoms with Crippen molar-refractivity contribution in [2.45, 2.75) is 52.5 Å². The van der Waals surface area contributed by atoms with Gasteiger partial charge < -0.3 is 14.6 Å². The van der Waals surface area contributed by atoms with Crippen LogP contribution in [0.5, 0.6) is 5.75 Å². The van der Waals surface area contributed by atoms with Crippen LogP contribution in [0.15, 0.2) is 28.8 Å². The molecule has 5 nitrogen and oxygen atoms in total. The summed E-state index contributed by atoms with van der Waals surface area (Å²) in [5.74, 6) is 2.17. The Kier molecular flexibility index (Phi) is 5.06. The van der Waals surface area contributed by atoms with E-state index < -0.39 is 0 Å². The van der Waals surface area contributed by atoms with Gasteiger partial charge in [0, 0.05) is 17.2 Å². The Hall–Kier alpha value is -2.04. The molecule has 0 saturated carbocycles. The summed E-state index contributed by atoms with van der Waals surface area (Å²) in [5.41, 5.74) is 0.853. The number of nitrogens with one attached hydrogen (secondary N) is 1. The predicted molar refractivity (Wildman–Crippen MR) is 87.3 cm³/mol. The van der Waals surface area contributed by atoms with Crippen LogP contribution in [0.3, 0.4) is 0 Å². The van der Waals surface area contributed by atoms with Crippen molar-refractivity contribution >= 4 is 5.69 Å². The summed E-state index contributed by atoms with van der Waals surface area (Å²) in [6.45, 7) is 11.0. The van der Waals surface area contributed by atoms with Crippen molar-refractivity contribution in [2.24, 2.45) is 0 Å². The maximum absolute atomic E-state index is 5.64. The third-order valence-corrected chi connectivity index (χ3v) is 3.17. The molecule has 1 atom stereocenters. The summed E-state index contributed by atoms with van der Waals surface area (Å²) in [7, 11) is 0. The first kappa shape index (κ1) is 16.3. The van der Waals surface area contributed by atoms with Crippen LogP contribution in [-0.4, -0.2) is 16.7 Å². The molecule has 1 N–H and O–H groups in total. The summed E-state index contributed by atoms with van der Waals surface area (Å²) in [6.07, 6.45) is 0.992. The van der Waals surface area contributed by atoms with Gasteiger partial charge in [-0.15, -0.1) is 0 Å². The summed E-state index contributed by atoms with van der Waals surface area (Å²) in [4.78, 5) is 4.48. The third-order valence-electron chi connectivity index (χ3n) is 3.17. The molecular formula is C17H25N3O2. The molecule has 1 heterocycles. The van der Waals surface area contributed by atoms with Crippen molar-refractivity contribution in [3.05, 3.63) is 36.0 Å². The molecule has 0 aliphatic rings. The minimum atomic E-state index is -0.116. The molecule has 0 radical (unpaired) electrons. The van der Waals surface area contributed by atoms with Gasteiger partial charge in [0.15, 0.2) is 5.82 Å². The summed E-state index contributed by atoms with van der Waals surface area (Å²) < 4.78 is 11.0. The molecule has 1 aromatic carbocycles. The standard InChI is InChI=1S/C17H25N3O2/c1-6-10-21-14-9-7-8-13(11-14)18-12(2)15-19-16(20-22-15)17(3,4)5/h7-9,11-12,18H,6,10H2,1-5H3. The van der Waals surface area contributed by atoms with E-state index in [2.05, 4.69) is 43.2 Å². The zero-order valence-corrected chi connectivity index (χ0v) is 14.0. The summed E-state index contributed by atoms with van der Waals surface area (Å²) >= 11 is 0. The lowest BCUT2D eigenvalue weighted by atomic mass is 9.96. The highest BCUT2D eigenvalue weighted by Gasteiger charge is 2.23. The van der Waals surface area contributed by atoms with Gasteiger partial charge in [0.05, 0.1) is 6.61 Å². The van der Waals surface area contributed by atoms with Gasteiger partial charge in [0.1, 0.15) is 11.8 Å². The van der Waals surface area contributed by atoms with Crippen molar-refractivity contribution in [3.63, 3.8) is 0 Å². The smallest absolute Gasteiger partial charge is 0.248 e. The number of ether oxygens (including phenoxy) is 1. The minimum absolute atomic E-state index is 0.0648. The van der Waals surface area contributed by atoms with Crippen molar-refractivity contribution in [3.8, 4) is 5.75 Å². The van der Waals surface area contributed by atoms with Crippen LogP contribution in [0.25, 0.3) is 0 Å². The Morgan fingerprint density at radius 3 is 2.73 bits per heavy atom. The zero-order chi connectivity index (χ0) is 16.2. The van der Waals surface area contributed by atoms with Crippen molar-refractivity contribution < 1.29 is 9.26 Å². The van der Waals surface area contributed by atoms with Crippen molar-refractivity contribution in [1.82, 2.24) is 10.1 Å². The summed E-state index contributed by atoms with van der Waals surface area (Å²) in [5, 5.41) is 7.42. The van der Waals surface area contributed by atoms with E-state index in [4.69, 9.17) is 9.26 Å². The Balaban J connectivity index is 2.05. The van der Waals surface area contributed by atoms with Gasteiger partial charge in [-0.1, -0.05) is 38.9 Å². The van der Waals surface area contributed by atoms with Crippen LogP contribution in [0.1, 0.15) is 58.8 Å². The second-order valence-corrected chi connectivity index (χ2v) is 6.45. The highest BCUT2D eigenvalue weighted by molar-refractivity contribution is 5.49. The molecule has 2 aromatic rings. The molecule has 22 heavy (non-hydrogen) atoms. The Morgan fingerprint density at radius 1 is 1.32 bits per heavy atom. The number of anilines is 1. The average molecular weight is 303 g/mol. The Labute approximate surface area is 132 Å². The quantitative estimate of drug-likeness (QED) is 0.860. The van der Waals surface area contributed by atoms with Gasteiger partial charge in [-0.2, -0.15) is 4.98 Å². The van der Waals surface area contributed by atoms with Gasteiger partial charge in [0.2, 0.25) is 5.89 Å². The SMILES string of the molecule is CCCOc1cccc(NC(C)c2nc(C(C)(C)C)no2)c1. The van der Waals surface area contributed by atoms with Crippen LogP contribution in [0.2, 0.25) is 0 Å². The lowest BCUT2D eigenvalue weighted by molar-refractivity contribution is 0.317. The molecule has 120 valence electrons. The van der Waals surface area contributed by atoms with Crippen LogP contribution < -0.4 is 10.1 Å². The second-order valence-electron chi connectivity index (χ2n) is 6.45. The van der Waals surface area contributed by atoms with E-state index in [0.29, 0.717) is 5.89 Å². The van der Waals surface area contributed by atoms with E-state index >= 15 is 0 Å². The fraction of sp³-hybridized carbons (Fsp3) is 0.529. The summed E-state index contributed by atoms with van der Waals surface area (Å²) in [6, 6.07) is 7.83. The van der Waals surface area contributed by atoms with Gasteiger partial charge in [-0.25, -0.2) is 0 Å². The van der Waals surface area contributed by atoms with E-state index in [0.717, 1.165) is 30.3 Å².